The zero-order valence-corrected chi connectivity index (χ0v) is 11.2. The van der Waals surface area contributed by atoms with Crippen molar-refractivity contribution < 1.29 is 0 Å². The summed E-state index contributed by atoms with van der Waals surface area (Å²) in [6, 6.07) is 17.3. The van der Waals surface area contributed by atoms with E-state index in [0.717, 1.165) is 5.56 Å². The first-order valence-corrected chi connectivity index (χ1v) is 6.81. The first-order valence-electron chi connectivity index (χ1n) is 6.81. The zero-order chi connectivity index (χ0) is 12.8. The molecule has 0 unspecified atom stereocenters. The van der Waals surface area contributed by atoms with Crippen molar-refractivity contribution in [2.24, 2.45) is 0 Å². The van der Waals surface area contributed by atoms with Gasteiger partial charge in [0.25, 0.3) is 0 Å². The van der Waals surface area contributed by atoms with E-state index in [1.807, 2.05) is 0 Å². The molecule has 0 spiro atoms. The number of hydrogen-bond donors (Lipinski definition) is 0. The van der Waals surface area contributed by atoms with Crippen molar-refractivity contribution in [2.75, 3.05) is 0 Å². The Hall–Kier alpha value is -1.56. The van der Waals surface area contributed by atoms with Crippen LogP contribution in [0.15, 0.2) is 48.5 Å². The van der Waals surface area contributed by atoms with Gasteiger partial charge in [-0.3, -0.25) is 0 Å². The number of aryl methyl sites for hydroxylation is 1. The molecule has 0 saturated carbocycles. The Morgan fingerprint density at radius 1 is 0.778 bits per heavy atom. The van der Waals surface area contributed by atoms with E-state index in [1.54, 1.807) is 0 Å². The molecule has 93 valence electrons. The third-order valence-electron chi connectivity index (χ3n) is 3.31. The van der Waals surface area contributed by atoms with Crippen LogP contribution in [-0.2, 0) is 6.42 Å². The van der Waals surface area contributed by atoms with E-state index in [0.29, 0.717) is 0 Å². The molecule has 0 aliphatic carbocycles. The number of hydrogen-bond acceptors (Lipinski definition) is 0. The van der Waals surface area contributed by atoms with Crippen LogP contribution in [0.25, 0.3) is 11.1 Å². The molecule has 0 bridgehead atoms. The zero-order valence-electron chi connectivity index (χ0n) is 11.2. The van der Waals surface area contributed by atoms with Crippen LogP contribution in [0.5, 0.6) is 0 Å². The van der Waals surface area contributed by atoms with Gasteiger partial charge in [-0.25, -0.2) is 0 Å². The Morgan fingerprint density at radius 3 is 1.89 bits per heavy atom. The first kappa shape index (κ1) is 12.9. The highest BCUT2D eigenvalue weighted by Gasteiger charge is 1.98. The van der Waals surface area contributed by atoms with Gasteiger partial charge in [-0.15, -0.1) is 0 Å². The van der Waals surface area contributed by atoms with Crippen molar-refractivity contribution >= 4 is 0 Å². The van der Waals surface area contributed by atoms with Gasteiger partial charge in [-0.05, 0) is 42.0 Å². The highest BCUT2D eigenvalue weighted by atomic mass is 14.0. The lowest BCUT2D eigenvalue weighted by atomic mass is 10.0. The van der Waals surface area contributed by atoms with Crippen molar-refractivity contribution in [3.8, 4) is 11.1 Å². The summed E-state index contributed by atoms with van der Waals surface area (Å²) >= 11 is 0. The molecule has 1 radical (unpaired) electrons. The normalized spacial score (nSPS) is 10.6. The topological polar surface area (TPSA) is 0 Å². The summed E-state index contributed by atoms with van der Waals surface area (Å²) in [4.78, 5) is 0. The van der Waals surface area contributed by atoms with E-state index in [4.69, 9.17) is 0 Å². The Kier molecular flexibility index (Phi) is 4.58. The monoisotopic (exact) mass is 237 g/mol. The fraction of sp³-hybridized carbons (Fsp3) is 0.278. The minimum absolute atomic E-state index is 1.06. The molecule has 0 amide bonds. The van der Waals surface area contributed by atoms with Crippen LogP contribution in [-0.4, -0.2) is 0 Å². The predicted octanol–water partition coefficient (Wildman–Crippen LogP) is 5.27. The lowest BCUT2D eigenvalue weighted by Gasteiger charge is -2.05. The molecule has 0 heteroatoms. The van der Waals surface area contributed by atoms with Crippen molar-refractivity contribution in [3.63, 3.8) is 0 Å². The Labute approximate surface area is 111 Å². The molecule has 0 fully saturated rings. The molecule has 0 aliphatic heterocycles. The predicted molar refractivity (Wildman–Crippen MR) is 79.6 cm³/mol. The summed E-state index contributed by atoms with van der Waals surface area (Å²) in [5.41, 5.74) is 5.06. The maximum Gasteiger partial charge on any atom is -0.0184 e. The highest BCUT2D eigenvalue weighted by molar-refractivity contribution is 5.64. The maximum atomic E-state index is 3.91. The van der Waals surface area contributed by atoms with Gasteiger partial charge in [0.15, 0.2) is 0 Å². The van der Waals surface area contributed by atoms with Crippen LogP contribution >= 0.6 is 0 Å². The van der Waals surface area contributed by atoms with Crippen LogP contribution in [0.2, 0.25) is 0 Å². The molecule has 0 aromatic heterocycles. The molecule has 0 nitrogen and oxygen atoms in total. The SMILES string of the molecule is [CH2]c1ccc(-c2ccc(CCCCC)cc2)cc1. The summed E-state index contributed by atoms with van der Waals surface area (Å²) < 4.78 is 0. The summed E-state index contributed by atoms with van der Waals surface area (Å²) in [5.74, 6) is 0. The fourth-order valence-electron chi connectivity index (χ4n) is 2.14. The van der Waals surface area contributed by atoms with Crippen LogP contribution in [0.4, 0.5) is 0 Å². The smallest absolute Gasteiger partial charge is 0.0184 e. The molecule has 0 atom stereocenters. The Balaban J connectivity index is 2.05. The highest BCUT2D eigenvalue weighted by Crippen LogP contribution is 2.20. The molecular formula is C18H21. The van der Waals surface area contributed by atoms with Gasteiger partial charge in [0.1, 0.15) is 0 Å². The third kappa shape index (κ3) is 3.46. The molecule has 2 aromatic rings. The van der Waals surface area contributed by atoms with Gasteiger partial charge in [0.05, 0.1) is 0 Å². The maximum absolute atomic E-state index is 3.91. The average Bonchev–Trinajstić information content (AvgIpc) is 2.41. The summed E-state index contributed by atoms with van der Waals surface area (Å²) in [6.07, 6.45) is 5.11. The van der Waals surface area contributed by atoms with E-state index in [2.05, 4.69) is 62.4 Å². The second-order valence-corrected chi connectivity index (χ2v) is 4.85. The summed E-state index contributed by atoms with van der Waals surface area (Å²) in [6.45, 7) is 6.16. The molecular weight excluding hydrogens is 216 g/mol. The van der Waals surface area contributed by atoms with Gasteiger partial charge in [-0.1, -0.05) is 68.3 Å². The van der Waals surface area contributed by atoms with E-state index in [9.17, 15) is 0 Å². The Bertz CT molecular complexity index is 462. The lowest BCUT2D eigenvalue weighted by molar-refractivity contribution is 0.717. The molecule has 2 aromatic carbocycles. The molecule has 2 rings (SSSR count). The third-order valence-corrected chi connectivity index (χ3v) is 3.31. The van der Waals surface area contributed by atoms with Crippen molar-refractivity contribution in [3.05, 3.63) is 66.6 Å². The molecule has 0 aliphatic rings. The fourth-order valence-corrected chi connectivity index (χ4v) is 2.14. The molecule has 18 heavy (non-hydrogen) atoms. The quantitative estimate of drug-likeness (QED) is 0.621. The molecule has 0 heterocycles. The summed E-state index contributed by atoms with van der Waals surface area (Å²) in [5, 5.41) is 0. The van der Waals surface area contributed by atoms with Crippen LogP contribution in [0.1, 0.15) is 37.3 Å². The first-order chi connectivity index (χ1) is 8.79. The van der Waals surface area contributed by atoms with Gasteiger partial charge in [0.2, 0.25) is 0 Å². The minimum Gasteiger partial charge on any atom is -0.0654 e. The van der Waals surface area contributed by atoms with Crippen LogP contribution in [0.3, 0.4) is 0 Å². The second kappa shape index (κ2) is 6.39. The lowest BCUT2D eigenvalue weighted by Crippen LogP contribution is -1.86. The van der Waals surface area contributed by atoms with Gasteiger partial charge < -0.3 is 0 Å². The van der Waals surface area contributed by atoms with E-state index in [1.165, 1.54) is 42.4 Å². The summed E-state index contributed by atoms with van der Waals surface area (Å²) in [7, 11) is 0. The molecule has 0 saturated heterocycles. The Morgan fingerprint density at radius 2 is 1.33 bits per heavy atom. The average molecular weight is 237 g/mol. The van der Waals surface area contributed by atoms with Gasteiger partial charge in [0, 0.05) is 0 Å². The standard InChI is InChI=1S/C18H21/c1-3-4-5-6-16-9-13-18(14-10-16)17-11-7-15(2)8-12-17/h7-14H,2-6H2,1H3. The van der Waals surface area contributed by atoms with E-state index in [-0.39, 0.29) is 0 Å². The number of rotatable bonds is 5. The van der Waals surface area contributed by atoms with Gasteiger partial charge in [-0.2, -0.15) is 0 Å². The van der Waals surface area contributed by atoms with Crippen molar-refractivity contribution in [1.29, 1.82) is 0 Å². The minimum atomic E-state index is 1.06. The second-order valence-electron chi connectivity index (χ2n) is 4.85. The molecule has 0 N–H and O–H groups in total. The van der Waals surface area contributed by atoms with Crippen LogP contribution in [0, 0.1) is 6.92 Å². The van der Waals surface area contributed by atoms with E-state index >= 15 is 0 Å². The van der Waals surface area contributed by atoms with Crippen molar-refractivity contribution in [2.45, 2.75) is 32.6 Å². The van der Waals surface area contributed by atoms with E-state index < -0.39 is 0 Å². The van der Waals surface area contributed by atoms with Gasteiger partial charge >= 0.3 is 0 Å². The number of benzene rings is 2. The number of unbranched alkanes of at least 4 members (excludes halogenated alkanes) is 2. The van der Waals surface area contributed by atoms with Crippen molar-refractivity contribution in [1.82, 2.24) is 0 Å². The largest absolute Gasteiger partial charge is 0.0654 e. The van der Waals surface area contributed by atoms with Crippen LogP contribution < -0.4 is 0 Å².